The molecule has 3 aromatic rings. The number of nitrogens with zero attached hydrogens (tertiary/aromatic N) is 7. The van der Waals surface area contributed by atoms with Crippen LogP contribution in [0.4, 0.5) is 15.9 Å². The summed E-state index contributed by atoms with van der Waals surface area (Å²) in [5, 5.41) is 2.81. The molecule has 45 heavy (non-hydrogen) atoms. The SMILES string of the molecule is [C-]#[N+]CC1CN(c2nc(OC[C@@H]3CCC[C@@H]3N(C)C)nc3c2CCN(c2cccc4cccc(Cl)c24)C3)CCN1C(=O)C(=C)F. The monoisotopic (exact) mass is 631 g/mol. The fourth-order valence-corrected chi connectivity index (χ4v) is 7.54. The second kappa shape index (κ2) is 13.2. The molecule has 0 bridgehead atoms. The average molecular weight is 632 g/mol. The third kappa shape index (κ3) is 6.29. The summed E-state index contributed by atoms with van der Waals surface area (Å²) in [6.07, 6.45) is 4.12. The Morgan fingerprint density at radius 2 is 1.96 bits per heavy atom. The summed E-state index contributed by atoms with van der Waals surface area (Å²) in [5.74, 6) is -0.607. The number of amides is 1. The van der Waals surface area contributed by atoms with Gasteiger partial charge in [0, 0.05) is 54.8 Å². The third-order valence-corrected chi connectivity index (χ3v) is 9.80. The highest BCUT2D eigenvalue weighted by Gasteiger charge is 2.37. The molecule has 0 spiro atoms. The van der Waals surface area contributed by atoms with Crippen molar-refractivity contribution in [2.45, 2.75) is 44.3 Å². The molecule has 2 aromatic carbocycles. The van der Waals surface area contributed by atoms with Crippen LogP contribution in [0.5, 0.6) is 6.01 Å². The highest BCUT2D eigenvalue weighted by atomic mass is 35.5. The fraction of sp³-hybridized carbons (Fsp3) is 0.471. The number of aromatic nitrogens is 2. The van der Waals surface area contributed by atoms with E-state index in [2.05, 4.69) is 64.5 Å². The molecule has 9 nitrogen and oxygen atoms in total. The largest absolute Gasteiger partial charge is 0.463 e. The van der Waals surface area contributed by atoms with E-state index in [9.17, 15) is 9.18 Å². The molecule has 236 valence electrons. The summed E-state index contributed by atoms with van der Waals surface area (Å²) in [6, 6.07) is 12.5. The maximum atomic E-state index is 13.9. The van der Waals surface area contributed by atoms with Crippen molar-refractivity contribution in [3.63, 3.8) is 0 Å². The van der Waals surface area contributed by atoms with Gasteiger partial charge in [-0.1, -0.05) is 48.9 Å². The Balaban J connectivity index is 1.34. The van der Waals surface area contributed by atoms with Crippen LogP contribution in [0.25, 0.3) is 15.6 Å². The zero-order valence-electron chi connectivity index (χ0n) is 25.9. The first-order valence-electron chi connectivity index (χ1n) is 15.6. The van der Waals surface area contributed by atoms with Crippen molar-refractivity contribution in [1.29, 1.82) is 0 Å². The van der Waals surface area contributed by atoms with E-state index in [1.807, 2.05) is 12.1 Å². The van der Waals surface area contributed by atoms with Crippen molar-refractivity contribution in [1.82, 2.24) is 19.8 Å². The summed E-state index contributed by atoms with van der Waals surface area (Å²) < 4.78 is 20.2. The van der Waals surface area contributed by atoms with Gasteiger partial charge < -0.3 is 29.2 Å². The summed E-state index contributed by atoms with van der Waals surface area (Å²) in [6.45, 7) is 13.6. The van der Waals surface area contributed by atoms with Crippen molar-refractivity contribution in [2.24, 2.45) is 5.92 Å². The lowest BCUT2D eigenvalue weighted by atomic mass is 10.0. The van der Waals surface area contributed by atoms with Crippen LogP contribution in [0.2, 0.25) is 5.02 Å². The van der Waals surface area contributed by atoms with E-state index in [1.54, 1.807) is 0 Å². The molecule has 6 rings (SSSR count). The van der Waals surface area contributed by atoms with Crippen LogP contribution in [-0.4, -0.2) is 91.2 Å². The van der Waals surface area contributed by atoms with E-state index in [-0.39, 0.29) is 13.1 Å². The molecule has 1 saturated heterocycles. The highest BCUT2D eigenvalue weighted by molar-refractivity contribution is 6.36. The van der Waals surface area contributed by atoms with E-state index >= 15 is 0 Å². The summed E-state index contributed by atoms with van der Waals surface area (Å²) in [4.78, 5) is 34.2. The van der Waals surface area contributed by atoms with Crippen LogP contribution in [0.1, 0.15) is 30.5 Å². The van der Waals surface area contributed by atoms with Crippen molar-refractivity contribution in [2.75, 3.05) is 63.2 Å². The Morgan fingerprint density at radius 3 is 2.71 bits per heavy atom. The molecule has 1 saturated carbocycles. The van der Waals surface area contributed by atoms with Gasteiger partial charge in [0.2, 0.25) is 6.54 Å². The number of carbonyl (C=O) groups is 1. The van der Waals surface area contributed by atoms with Gasteiger partial charge in [0.05, 0.1) is 23.9 Å². The predicted molar refractivity (Wildman–Crippen MR) is 175 cm³/mol. The van der Waals surface area contributed by atoms with Crippen LogP contribution in [0, 0.1) is 12.5 Å². The van der Waals surface area contributed by atoms with Gasteiger partial charge in [0.25, 0.3) is 5.91 Å². The van der Waals surface area contributed by atoms with E-state index < -0.39 is 17.8 Å². The molecule has 1 aliphatic carbocycles. The number of fused-ring (bicyclic) bond motifs is 2. The van der Waals surface area contributed by atoms with Gasteiger partial charge in [-0.25, -0.2) is 11.0 Å². The van der Waals surface area contributed by atoms with E-state index in [0.717, 1.165) is 52.9 Å². The molecular formula is C34H39ClFN7O2. The Morgan fingerprint density at radius 1 is 1.16 bits per heavy atom. The second-order valence-electron chi connectivity index (χ2n) is 12.4. The van der Waals surface area contributed by atoms with Gasteiger partial charge in [-0.3, -0.25) is 4.79 Å². The molecule has 2 fully saturated rings. The van der Waals surface area contributed by atoms with Crippen molar-refractivity contribution < 1.29 is 13.9 Å². The average Bonchev–Trinajstić information content (AvgIpc) is 3.52. The van der Waals surface area contributed by atoms with Crippen LogP contribution >= 0.6 is 11.6 Å². The maximum absolute atomic E-state index is 13.9. The van der Waals surface area contributed by atoms with Crippen LogP contribution < -0.4 is 14.5 Å². The van der Waals surface area contributed by atoms with Crippen molar-refractivity contribution in [3.8, 4) is 6.01 Å². The third-order valence-electron chi connectivity index (χ3n) is 9.48. The smallest absolute Gasteiger partial charge is 0.318 e. The predicted octanol–water partition coefficient (Wildman–Crippen LogP) is 5.37. The molecule has 0 N–H and O–H groups in total. The molecule has 1 unspecified atom stereocenters. The minimum atomic E-state index is -1.01. The van der Waals surface area contributed by atoms with E-state index in [0.29, 0.717) is 55.7 Å². The standard InChI is InChI=1S/C34H39ClFN7O2/c1-22(36)33(44)43-17-16-42(19-25(43)18-37-2)32-26-14-15-41(30-13-6-9-23-8-5-11-27(35)31(23)30)20-28(26)38-34(39-32)45-21-24-10-7-12-29(24)40(3)4/h5-6,8-9,11,13,24-25,29H,1,7,10,12,14-21H2,3-4H3/t24-,25?,29-/m0/s1. The lowest BCUT2D eigenvalue weighted by Crippen LogP contribution is -2.57. The molecule has 3 aliphatic rings. The Labute approximate surface area is 269 Å². The van der Waals surface area contributed by atoms with E-state index in [1.165, 1.54) is 11.3 Å². The molecular weight excluding hydrogens is 593 g/mol. The first-order valence-corrected chi connectivity index (χ1v) is 16.0. The zero-order chi connectivity index (χ0) is 31.7. The van der Waals surface area contributed by atoms with Gasteiger partial charge in [0.1, 0.15) is 11.9 Å². The number of piperazine rings is 1. The van der Waals surface area contributed by atoms with Gasteiger partial charge in [-0.15, -0.1) is 0 Å². The first kappa shape index (κ1) is 31.1. The lowest BCUT2D eigenvalue weighted by Gasteiger charge is -2.41. The van der Waals surface area contributed by atoms with Gasteiger partial charge in [0.15, 0.2) is 5.83 Å². The first-order chi connectivity index (χ1) is 21.7. The number of hydrogen-bond acceptors (Lipinski definition) is 7. The normalized spacial score (nSPS) is 21.6. The van der Waals surface area contributed by atoms with Gasteiger partial charge >= 0.3 is 6.01 Å². The van der Waals surface area contributed by atoms with Crippen LogP contribution in [0.3, 0.4) is 0 Å². The molecule has 0 radical (unpaired) electrons. The molecule has 11 heteroatoms. The van der Waals surface area contributed by atoms with Crippen molar-refractivity contribution >= 4 is 39.8 Å². The van der Waals surface area contributed by atoms with Gasteiger partial charge in [-0.05, 0) is 50.9 Å². The van der Waals surface area contributed by atoms with Gasteiger partial charge in [-0.2, -0.15) is 9.97 Å². The minimum absolute atomic E-state index is 0.0649. The van der Waals surface area contributed by atoms with Crippen molar-refractivity contribution in [3.05, 3.63) is 76.5 Å². The molecule has 1 amide bonds. The molecule has 3 atom stereocenters. The number of anilines is 2. The quantitative estimate of drug-likeness (QED) is 0.244. The lowest BCUT2D eigenvalue weighted by molar-refractivity contribution is -0.131. The second-order valence-corrected chi connectivity index (χ2v) is 12.8. The Bertz CT molecular complexity index is 1640. The Kier molecular flexibility index (Phi) is 9.11. The summed E-state index contributed by atoms with van der Waals surface area (Å²) >= 11 is 6.70. The van der Waals surface area contributed by atoms with E-state index in [4.69, 9.17) is 32.9 Å². The molecule has 1 aromatic heterocycles. The topological polar surface area (TPSA) is 69.4 Å². The summed E-state index contributed by atoms with van der Waals surface area (Å²) in [7, 11) is 4.24. The number of hydrogen-bond donors (Lipinski definition) is 0. The molecule has 2 aliphatic heterocycles. The van der Waals surface area contributed by atoms with Crippen LogP contribution in [0.15, 0.2) is 48.8 Å². The zero-order valence-corrected chi connectivity index (χ0v) is 26.6. The number of benzene rings is 2. The summed E-state index contributed by atoms with van der Waals surface area (Å²) in [5.41, 5.74) is 2.98. The number of ether oxygens (including phenoxy) is 1. The highest BCUT2D eigenvalue weighted by Crippen LogP contribution is 2.37. The minimum Gasteiger partial charge on any atom is -0.463 e. The molecule has 3 heterocycles. The number of halogens is 2. The number of carbonyl (C=O) groups excluding carboxylic acids is 1. The fourth-order valence-electron chi connectivity index (χ4n) is 7.27. The number of rotatable bonds is 8. The maximum Gasteiger partial charge on any atom is 0.318 e. The Hall–Kier alpha value is -3.94. The van der Waals surface area contributed by atoms with Crippen LogP contribution in [-0.2, 0) is 17.8 Å².